The Labute approximate surface area is 92.4 Å². The van der Waals surface area contributed by atoms with E-state index in [-0.39, 0.29) is 0 Å². The Morgan fingerprint density at radius 2 is 0.600 bits per heavy atom. The van der Waals surface area contributed by atoms with Gasteiger partial charge < -0.3 is 0 Å². The molecule has 0 aliphatic heterocycles. The van der Waals surface area contributed by atoms with E-state index in [0.717, 1.165) is 0 Å². The van der Waals surface area contributed by atoms with Crippen LogP contribution in [0, 0.1) is 0 Å². The number of hydrogen-bond donors (Lipinski definition) is 0. The quantitative estimate of drug-likeness (QED) is 0.364. The van der Waals surface area contributed by atoms with Crippen molar-refractivity contribution in [3.05, 3.63) is 13.2 Å². The van der Waals surface area contributed by atoms with Crippen molar-refractivity contribution < 1.29 is 0 Å². The largest absolute Gasteiger partial charge is 0.326 e. The van der Waals surface area contributed by atoms with Crippen LogP contribution in [0.25, 0.3) is 0 Å². The molecule has 64 valence electrons. The average molecular weight is 299 g/mol. The third-order valence-corrected chi connectivity index (χ3v) is 0. The van der Waals surface area contributed by atoms with Gasteiger partial charge in [-0.25, -0.2) is 0 Å². The monoisotopic (exact) mass is 296 g/mol. The molecule has 0 nitrogen and oxygen atoms in total. The molecule has 0 spiro atoms. The lowest BCUT2D eigenvalue weighted by Gasteiger charge is -1.65. The molecule has 0 aromatic carbocycles. The number of rotatable bonds is 0. The first-order chi connectivity index (χ1) is 4.46. The van der Waals surface area contributed by atoms with Crippen LogP contribution in [0.1, 0.15) is 0 Å². The van der Waals surface area contributed by atoms with Crippen molar-refractivity contribution in [2.75, 3.05) is 0 Å². The second-order valence-corrected chi connectivity index (χ2v) is 13.4. The summed E-state index contributed by atoms with van der Waals surface area (Å²) in [5.74, 6) is 0. The lowest BCUT2D eigenvalue weighted by atomic mass is 11.3. The summed E-state index contributed by atoms with van der Waals surface area (Å²) in [7, 11) is 0. The molecular formula is C2H6Cl6Si2. The zero-order valence-corrected chi connectivity index (χ0v) is 11.7. The fourth-order valence-corrected chi connectivity index (χ4v) is 0. The van der Waals surface area contributed by atoms with Gasteiger partial charge in [0, 0.05) is 0 Å². The molecule has 0 N–H and O–H groups in total. The Bertz CT molecular complexity index is 37.5. The van der Waals surface area contributed by atoms with E-state index in [0.29, 0.717) is 0 Å². The topological polar surface area (TPSA) is 0 Å². The molecule has 0 aromatic rings. The van der Waals surface area contributed by atoms with Gasteiger partial charge in [0.05, 0.1) is 0 Å². The normalized spacial score (nSPS) is 7.60. The summed E-state index contributed by atoms with van der Waals surface area (Å²) in [4.78, 5) is 0. The zero-order chi connectivity index (χ0) is 9.15. The Morgan fingerprint density at radius 1 is 0.600 bits per heavy atom. The van der Waals surface area contributed by atoms with Crippen molar-refractivity contribution in [3.63, 3.8) is 0 Å². The first-order valence-corrected chi connectivity index (χ1v) is 12.3. The predicted octanol–water partition coefficient (Wildman–Crippen LogP) is 3.64. The zero-order valence-electron chi connectivity index (χ0n) is 4.84. The van der Waals surface area contributed by atoms with Gasteiger partial charge in [-0.05, 0) is 0 Å². The van der Waals surface area contributed by atoms with E-state index in [1.807, 2.05) is 0 Å². The molecule has 0 rings (SSSR count). The van der Waals surface area contributed by atoms with E-state index in [1.165, 1.54) is 0 Å². The average Bonchev–Trinajstić information content (AvgIpc) is 1.66. The Balaban J connectivity index is -0.0000000787. The minimum Gasteiger partial charge on any atom is -0.130 e. The van der Waals surface area contributed by atoms with Crippen molar-refractivity contribution in [3.8, 4) is 0 Å². The van der Waals surface area contributed by atoms with Crippen LogP contribution in [0.15, 0.2) is 13.2 Å². The molecule has 0 unspecified atom stereocenters. The maximum atomic E-state index is 4.94. The Morgan fingerprint density at radius 3 is 0.600 bits per heavy atom. The van der Waals surface area contributed by atoms with Crippen LogP contribution in [-0.4, -0.2) is 13.5 Å². The van der Waals surface area contributed by atoms with Gasteiger partial charge in [-0.1, -0.05) is 0 Å². The minimum absolute atomic E-state index is 1.72. The number of hydrogen-bond acceptors (Lipinski definition) is 0. The standard InChI is InChI=1S/C2H4.2Cl3HSi/c1-2;2*1-4(2)3/h1-2H2;2*4H. The van der Waals surface area contributed by atoms with Gasteiger partial charge in [0.1, 0.15) is 0 Å². The lowest BCUT2D eigenvalue weighted by Crippen LogP contribution is -1.66. The highest BCUT2D eigenvalue weighted by atomic mass is 35.8. The number of halogens is 6. The van der Waals surface area contributed by atoms with Gasteiger partial charge in [0.2, 0.25) is 0 Å². The fourth-order valence-electron chi connectivity index (χ4n) is 0. The molecule has 0 bridgehead atoms. The fraction of sp³-hybridized carbons (Fsp3) is 0. The van der Waals surface area contributed by atoms with Gasteiger partial charge in [0.15, 0.2) is 0 Å². The predicted molar refractivity (Wildman–Crippen MR) is 60.7 cm³/mol. The highest BCUT2D eigenvalue weighted by molar-refractivity contribution is 7.54. The molecule has 0 amide bonds. The molecule has 10 heavy (non-hydrogen) atoms. The van der Waals surface area contributed by atoms with E-state index < -0.39 is 13.5 Å². The second kappa shape index (κ2) is 17.1. The van der Waals surface area contributed by atoms with E-state index >= 15 is 0 Å². The molecule has 0 heterocycles. The maximum absolute atomic E-state index is 4.94. The first-order valence-electron chi connectivity index (χ1n) is 1.81. The summed E-state index contributed by atoms with van der Waals surface area (Å²) >= 11 is 29.7. The second-order valence-electron chi connectivity index (χ2n) is 0.495. The molecular weight excluding hydrogens is 293 g/mol. The summed E-state index contributed by atoms with van der Waals surface area (Å²) < 4.78 is 0. The maximum Gasteiger partial charge on any atom is 0.326 e. The molecule has 0 atom stereocenters. The van der Waals surface area contributed by atoms with Gasteiger partial charge in [-0.2, -0.15) is 0 Å². The summed E-state index contributed by atoms with van der Waals surface area (Å²) in [6, 6.07) is 0. The highest BCUT2D eigenvalue weighted by Crippen LogP contribution is 1.97. The minimum atomic E-state index is -1.72. The third-order valence-electron chi connectivity index (χ3n) is 0. The van der Waals surface area contributed by atoms with Gasteiger partial charge in [-0.15, -0.1) is 79.6 Å². The third kappa shape index (κ3) is 215. The molecule has 0 aliphatic carbocycles. The van der Waals surface area contributed by atoms with Crippen LogP contribution in [0.4, 0.5) is 0 Å². The van der Waals surface area contributed by atoms with Gasteiger partial charge in [0.25, 0.3) is 0 Å². The highest BCUT2D eigenvalue weighted by Gasteiger charge is 1.85. The van der Waals surface area contributed by atoms with Crippen molar-refractivity contribution in [1.82, 2.24) is 0 Å². The molecule has 0 radical (unpaired) electrons. The smallest absolute Gasteiger partial charge is 0.130 e. The first kappa shape index (κ1) is 17.9. The molecule has 0 aromatic heterocycles. The Kier molecular flexibility index (Phi) is 30.6. The van der Waals surface area contributed by atoms with Gasteiger partial charge >= 0.3 is 13.5 Å². The van der Waals surface area contributed by atoms with E-state index in [4.69, 9.17) is 66.5 Å². The van der Waals surface area contributed by atoms with Crippen LogP contribution in [-0.2, 0) is 0 Å². The summed E-state index contributed by atoms with van der Waals surface area (Å²) in [5.41, 5.74) is 0. The Hall–Kier alpha value is 1.91. The molecule has 0 saturated heterocycles. The van der Waals surface area contributed by atoms with Gasteiger partial charge in [-0.3, -0.25) is 0 Å². The molecule has 0 fully saturated rings. The van der Waals surface area contributed by atoms with E-state index in [2.05, 4.69) is 13.2 Å². The molecule has 0 saturated carbocycles. The summed E-state index contributed by atoms with van der Waals surface area (Å²) in [6.45, 7) is 2.56. The summed E-state index contributed by atoms with van der Waals surface area (Å²) in [6.07, 6.45) is 0. The van der Waals surface area contributed by atoms with E-state index in [9.17, 15) is 0 Å². The van der Waals surface area contributed by atoms with Crippen molar-refractivity contribution >= 4 is 79.9 Å². The SMILES string of the molecule is C=C.Cl[SiH](Cl)Cl.Cl[SiH](Cl)Cl. The van der Waals surface area contributed by atoms with Crippen LogP contribution in [0.2, 0.25) is 0 Å². The van der Waals surface area contributed by atoms with Crippen LogP contribution < -0.4 is 0 Å². The van der Waals surface area contributed by atoms with Crippen LogP contribution >= 0.6 is 66.5 Å². The molecule has 8 heteroatoms. The van der Waals surface area contributed by atoms with Crippen molar-refractivity contribution in [2.24, 2.45) is 0 Å². The summed E-state index contributed by atoms with van der Waals surface area (Å²) in [5, 5.41) is 0. The molecule has 0 aliphatic rings. The van der Waals surface area contributed by atoms with Crippen LogP contribution in [0.3, 0.4) is 0 Å². The lowest BCUT2D eigenvalue weighted by molar-refractivity contribution is 2.81. The van der Waals surface area contributed by atoms with Crippen molar-refractivity contribution in [2.45, 2.75) is 0 Å². The van der Waals surface area contributed by atoms with E-state index in [1.54, 1.807) is 0 Å². The van der Waals surface area contributed by atoms with Crippen molar-refractivity contribution in [1.29, 1.82) is 0 Å². The van der Waals surface area contributed by atoms with Crippen LogP contribution in [0.5, 0.6) is 0 Å².